The van der Waals surface area contributed by atoms with Gasteiger partial charge in [-0.05, 0) is 18.2 Å². The Morgan fingerprint density at radius 2 is 1.88 bits per heavy atom. The van der Waals surface area contributed by atoms with Crippen LogP contribution in [-0.4, -0.2) is 21.0 Å². The number of sulfone groups is 1. The summed E-state index contributed by atoms with van der Waals surface area (Å²) in [6.07, 6.45) is -3.94. The SMILES string of the molecule is CS(=O)(=O)c1ccc(OC(F)(F)F)c(N)c1. The molecule has 0 aliphatic carbocycles. The van der Waals surface area contributed by atoms with Crippen molar-refractivity contribution in [3.05, 3.63) is 18.2 Å². The maximum atomic E-state index is 11.9. The van der Waals surface area contributed by atoms with E-state index in [1.807, 2.05) is 0 Å². The fourth-order valence-electron chi connectivity index (χ4n) is 0.975. The first kappa shape index (κ1) is 12.6. The standard InChI is InChI=1S/C8H8F3NO3S/c1-16(13,14)5-2-3-7(6(12)4-5)15-8(9,10)11/h2-4H,12H2,1H3. The van der Waals surface area contributed by atoms with Gasteiger partial charge in [-0.15, -0.1) is 13.2 Å². The lowest BCUT2D eigenvalue weighted by Gasteiger charge is -2.11. The monoisotopic (exact) mass is 255 g/mol. The zero-order valence-corrected chi connectivity index (χ0v) is 8.89. The van der Waals surface area contributed by atoms with E-state index in [-0.39, 0.29) is 10.6 Å². The van der Waals surface area contributed by atoms with Crippen LogP contribution in [0.25, 0.3) is 0 Å². The van der Waals surface area contributed by atoms with Gasteiger partial charge in [0.2, 0.25) is 0 Å². The summed E-state index contributed by atoms with van der Waals surface area (Å²) in [5, 5.41) is 0. The third-order valence-electron chi connectivity index (χ3n) is 1.64. The van der Waals surface area contributed by atoms with E-state index in [4.69, 9.17) is 5.73 Å². The topological polar surface area (TPSA) is 69.4 Å². The molecular formula is C8H8F3NO3S. The van der Waals surface area contributed by atoms with Gasteiger partial charge in [-0.1, -0.05) is 0 Å². The molecular weight excluding hydrogens is 247 g/mol. The molecule has 8 heteroatoms. The molecule has 2 N–H and O–H groups in total. The Balaban J connectivity index is 3.11. The van der Waals surface area contributed by atoms with Crippen molar-refractivity contribution >= 4 is 15.5 Å². The number of hydrogen-bond donors (Lipinski definition) is 1. The molecule has 0 radical (unpaired) electrons. The Labute approximate surface area is 89.7 Å². The van der Waals surface area contributed by atoms with Gasteiger partial charge in [-0.2, -0.15) is 0 Å². The summed E-state index contributed by atoms with van der Waals surface area (Å²) in [6, 6.07) is 2.77. The van der Waals surface area contributed by atoms with Crippen LogP contribution in [0.2, 0.25) is 0 Å². The summed E-state index contributed by atoms with van der Waals surface area (Å²) in [5.41, 5.74) is 4.85. The van der Waals surface area contributed by atoms with Gasteiger partial charge in [-0.3, -0.25) is 0 Å². The molecule has 0 aromatic heterocycles. The van der Waals surface area contributed by atoms with Crippen molar-refractivity contribution in [3.8, 4) is 5.75 Å². The minimum Gasteiger partial charge on any atom is -0.404 e. The number of nitrogens with two attached hydrogens (primary N) is 1. The molecule has 1 aromatic carbocycles. The van der Waals surface area contributed by atoms with E-state index in [0.717, 1.165) is 24.5 Å². The van der Waals surface area contributed by atoms with Crippen molar-refractivity contribution < 1.29 is 26.3 Å². The lowest BCUT2D eigenvalue weighted by Crippen LogP contribution is -2.18. The largest absolute Gasteiger partial charge is 0.573 e. The molecule has 90 valence electrons. The van der Waals surface area contributed by atoms with Crippen molar-refractivity contribution in [2.24, 2.45) is 0 Å². The lowest BCUT2D eigenvalue weighted by atomic mass is 10.3. The van der Waals surface area contributed by atoms with Crippen molar-refractivity contribution in [1.29, 1.82) is 0 Å². The molecule has 0 unspecified atom stereocenters. The second-order valence-electron chi connectivity index (χ2n) is 3.02. The minimum absolute atomic E-state index is 0.167. The number of halogens is 3. The first-order valence-electron chi connectivity index (χ1n) is 3.95. The van der Waals surface area contributed by atoms with Crippen LogP contribution in [0, 0.1) is 0 Å². The molecule has 0 spiro atoms. The molecule has 0 heterocycles. The van der Waals surface area contributed by atoms with Gasteiger partial charge >= 0.3 is 6.36 Å². The van der Waals surface area contributed by atoms with Gasteiger partial charge < -0.3 is 10.5 Å². The highest BCUT2D eigenvalue weighted by Gasteiger charge is 2.32. The molecule has 0 amide bonds. The van der Waals surface area contributed by atoms with Crippen LogP contribution in [-0.2, 0) is 9.84 Å². The van der Waals surface area contributed by atoms with E-state index in [0.29, 0.717) is 0 Å². The predicted molar refractivity (Wildman–Crippen MR) is 50.6 cm³/mol. The van der Waals surface area contributed by atoms with E-state index in [1.54, 1.807) is 0 Å². The Bertz CT molecular complexity index is 496. The average Bonchev–Trinajstić information content (AvgIpc) is 2.04. The zero-order valence-electron chi connectivity index (χ0n) is 8.08. The van der Waals surface area contributed by atoms with E-state index in [1.165, 1.54) is 0 Å². The normalized spacial score (nSPS) is 12.5. The van der Waals surface area contributed by atoms with E-state index < -0.39 is 21.9 Å². The van der Waals surface area contributed by atoms with Gasteiger partial charge in [0.15, 0.2) is 15.6 Å². The van der Waals surface area contributed by atoms with Gasteiger partial charge in [0.05, 0.1) is 10.6 Å². The summed E-state index contributed by atoms with van der Waals surface area (Å²) < 4.78 is 61.3. The van der Waals surface area contributed by atoms with Crippen molar-refractivity contribution in [2.75, 3.05) is 12.0 Å². The highest BCUT2D eigenvalue weighted by Crippen LogP contribution is 2.29. The summed E-state index contributed by atoms with van der Waals surface area (Å²) in [4.78, 5) is -0.167. The van der Waals surface area contributed by atoms with Crippen LogP contribution in [0.4, 0.5) is 18.9 Å². The molecule has 0 fully saturated rings. The maximum absolute atomic E-state index is 11.9. The first-order chi connectivity index (χ1) is 7.09. The number of hydrogen-bond acceptors (Lipinski definition) is 4. The Morgan fingerprint density at radius 1 is 1.31 bits per heavy atom. The van der Waals surface area contributed by atoms with Crippen molar-refractivity contribution in [2.45, 2.75) is 11.3 Å². The smallest absolute Gasteiger partial charge is 0.404 e. The fraction of sp³-hybridized carbons (Fsp3) is 0.250. The van der Waals surface area contributed by atoms with E-state index in [9.17, 15) is 21.6 Å². The van der Waals surface area contributed by atoms with E-state index >= 15 is 0 Å². The maximum Gasteiger partial charge on any atom is 0.573 e. The molecule has 0 saturated heterocycles. The fourth-order valence-corrected chi connectivity index (χ4v) is 1.63. The number of rotatable bonds is 2. The first-order valence-corrected chi connectivity index (χ1v) is 5.84. The van der Waals surface area contributed by atoms with Gasteiger partial charge in [0.1, 0.15) is 0 Å². The molecule has 1 rings (SSSR count). The number of alkyl halides is 3. The summed E-state index contributed by atoms with van der Waals surface area (Å²) >= 11 is 0. The Kier molecular flexibility index (Phi) is 3.04. The number of nitrogen functional groups attached to an aromatic ring is 1. The highest BCUT2D eigenvalue weighted by molar-refractivity contribution is 7.90. The summed E-state index contributed by atoms with van der Waals surface area (Å²) in [7, 11) is -3.50. The molecule has 16 heavy (non-hydrogen) atoms. The highest BCUT2D eigenvalue weighted by atomic mass is 32.2. The quantitative estimate of drug-likeness (QED) is 0.814. The molecule has 0 aliphatic rings. The van der Waals surface area contributed by atoms with E-state index in [2.05, 4.69) is 4.74 Å². The van der Waals surface area contributed by atoms with Gasteiger partial charge in [-0.25, -0.2) is 8.42 Å². The van der Waals surface area contributed by atoms with Crippen molar-refractivity contribution in [1.82, 2.24) is 0 Å². The van der Waals surface area contributed by atoms with Gasteiger partial charge in [0.25, 0.3) is 0 Å². The number of anilines is 1. The molecule has 0 aliphatic heterocycles. The lowest BCUT2D eigenvalue weighted by molar-refractivity contribution is -0.274. The van der Waals surface area contributed by atoms with Crippen LogP contribution in [0.3, 0.4) is 0 Å². The second kappa shape index (κ2) is 3.85. The van der Waals surface area contributed by atoms with Crippen LogP contribution in [0.1, 0.15) is 0 Å². The van der Waals surface area contributed by atoms with Crippen molar-refractivity contribution in [3.63, 3.8) is 0 Å². The Morgan fingerprint density at radius 3 is 2.25 bits per heavy atom. The molecule has 4 nitrogen and oxygen atoms in total. The number of ether oxygens (including phenoxy) is 1. The third-order valence-corrected chi connectivity index (χ3v) is 2.75. The molecule has 0 atom stereocenters. The summed E-state index contributed by atoms with van der Waals surface area (Å²) in [6.45, 7) is 0. The van der Waals surface area contributed by atoms with Crippen LogP contribution >= 0.6 is 0 Å². The minimum atomic E-state index is -4.86. The molecule has 0 bridgehead atoms. The zero-order chi connectivity index (χ0) is 12.6. The molecule has 0 saturated carbocycles. The third kappa shape index (κ3) is 3.30. The van der Waals surface area contributed by atoms with Crippen LogP contribution in [0.15, 0.2) is 23.1 Å². The van der Waals surface area contributed by atoms with Crippen LogP contribution < -0.4 is 10.5 Å². The number of benzene rings is 1. The van der Waals surface area contributed by atoms with Crippen LogP contribution in [0.5, 0.6) is 5.75 Å². The Hall–Kier alpha value is -1.44. The summed E-state index contributed by atoms with van der Waals surface area (Å²) in [5.74, 6) is -0.625. The second-order valence-corrected chi connectivity index (χ2v) is 5.04. The predicted octanol–water partition coefficient (Wildman–Crippen LogP) is 1.57. The van der Waals surface area contributed by atoms with Gasteiger partial charge in [0, 0.05) is 6.26 Å². The molecule has 1 aromatic rings. The average molecular weight is 255 g/mol.